The van der Waals surface area contributed by atoms with Gasteiger partial charge in [-0.2, -0.15) is 0 Å². The second-order valence-corrected chi connectivity index (χ2v) is 5.30. The van der Waals surface area contributed by atoms with Crippen molar-refractivity contribution in [1.29, 1.82) is 0 Å². The van der Waals surface area contributed by atoms with Gasteiger partial charge in [-0.1, -0.05) is 29.8 Å². The van der Waals surface area contributed by atoms with E-state index in [1.54, 1.807) is 7.11 Å². The zero-order chi connectivity index (χ0) is 14.1. The highest BCUT2D eigenvalue weighted by Crippen LogP contribution is 2.08. The van der Waals surface area contributed by atoms with Crippen LogP contribution in [0.1, 0.15) is 24.5 Å². The number of benzene rings is 1. The molecule has 0 saturated carbocycles. The highest BCUT2D eigenvalue weighted by molar-refractivity contribution is 5.22. The van der Waals surface area contributed by atoms with E-state index in [4.69, 9.17) is 4.74 Å². The summed E-state index contributed by atoms with van der Waals surface area (Å²) in [5.74, 6) is 0. The largest absolute Gasteiger partial charge is 0.385 e. The monoisotopic (exact) mass is 264 g/mol. The van der Waals surface area contributed by atoms with Crippen LogP contribution in [0.15, 0.2) is 24.3 Å². The Morgan fingerprint density at radius 3 is 2.84 bits per heavy atom. The zero-order valence-corrected chi connectivity index (χ0v) is 12.8. The average molecular weight is 264 g/mol. The first-order valence-electron chi connectivity index (χ1n) is 7.09. The molecule has 0 saturated heterocycles. The molecule has 0 aliphatic heterocycles. The highest BCUT2D eigenvalue weighted by atomic mass is 16.5. The van der Waals surface area contributed by atoms with E-state index in [1.807, 2.05) is 0 Å². The second-order valence-electron chi connectivity index (χ2n) is 5.30. The quantitative estimate of drug-likeness (QED) is 0.693. The summed E-state index contributed by atoms with van der Waals surface area (Å²) in [4.78, 5) is 2.39. The molecule has 1 unspecified atom stereocenters. The van der Waals surface area contributed by atoms with Gasteiger partial charge in [-0.05, 0) is 39.4 Å². The Balaban J connectivity index is 2.26. The molecule has 0 aliphatic carbocycles. The van der Waals surface area contributed by atoms with Gasteiger partial charge in [0.15, 0.2) is 0 Å². The third kappa shape index (κ3) is 6.71. The van der Waals surface area contributed by atoms with Crippen molar-refractivity contribution in [2.75, 3.05) is 33.9 Å². The lowest BCUT2D eigenvalue weighted by Gasteiger charge is -2.25. The fourth-order valence-electron chi connectivity index (χ4n) is 2.06. The van der Waals surface area contributed by atoms with Crippen LogP contribution in [0, 0.1) is 6.92 Å². The zero-order valence-electron chi connectivity index (χ0n) is 12.8. The lowest BCUT2D eigenvalue weighted by atomic mass is 10.1. The topological polar surface area (TPSA) is 24.5 Å². The number of hydrogen-bond donors (Lipinski definition) is 1. The van der Waals surface area contributed by atoms with Crippen molar-refractivity contribution in [1.82, 2.24) is 10.2 Å². The number of nitrogens with zero attached hydrogens (tertiary/aromatic N) is 1. The number of nitrogens with one attached hydrogen (secondary N) is 1. The Morgan fingerprint density at radius 2 is 2.16 bits per heavy atom. The minimum Gasteiger partial charge on any atom is -0.385 e. The SMILES string of the molecule is COCCCNCC(C)N(C)Cc1cccc(C)c1. The predicted molar refractivity (Wildman–Crippen MR) is 81.5 cm³/mol. The van der Waals surface area contributed by atoms with Gasteiger partial charge in [0.05, 0.1) is 0 Å². The van der Waals surface area contributed by atoms with E-state index in [2.05, 4.69) is 55.4 Å². The van der Waals surface area contributed by atoms with Gasteiger partial charge in [-0.15, -0.1) is 0 Å². The molecule has 0 bridgehead atoms. The lowest BCUT2D eigenvalue weighted by Crippen LogP contribution is -2.38. The Hall–Kier alpha value is -0.900. The maximum atomic E-state index is 5.04. The normalized spacial score (nSPS) is 12.9. The van der Waals surface area contributed by atoms with E-state index in [0.717, 1.165) is 32.7 Å². The number of ether oxygens (including phenoxy) is 1. The number of hydrogen-bond acceptors (Lipinski definition) is 3. The number of rotatable bonds is 9. The summed E-state index contributed by atoms with van der Waals surface area (Å²) in [6.07, 6.45) is 1.07. The van der Waals surface area contributed by atoms with Crippen molar-refractivity contribution in [3.63, 3.8) is 0 Å². The highest BCUT2D eigenvalue weighted by Gasteiger charge is 2.09. The van der Waals surface area contributed by atoms with Gasteiger partial charge in [-0.25, -0.2) is 0 Å². The predicted octanol–water partition coefficient (Wildman–Crippen LogP) is 2.44. The van der Waals surface area contributed by atoms with E-state index in [-0.39, 0.29) is 0 Å². The summed E-state index contributed by atoms with van der Waals surface area (Å²) in [7, 11) is 3.93. The first kappa shape index (κ1) is 16.2. The van der Waals surface area contributed by atoms with Crippen LogP contribution in [-0.4, -0.2) is 44.8 Å². The van der Waals surface area contributed by atoms with Crippen LogP contribution in [0.2, 0.25) is 0 Å². The van der Waals surface area contributed by atoms with Gasteiger partial charge in [0.2, 0.25) is 0 Å². The standard InChI is InChI=1S/C16H28N2O/c1-14-7-5-8-16(11-14)13-18(3)15(2)12-17-9-6-10-19-4/h5,7-8,11,15,17H,6,9-10,12-13H2,1-4H3. The molecule has 0 spiro atoms. The molecule has 1 aromatic carbocycles. The van der Waals surface area contributed by atoms with Crippen LogP contribution >= 0.6 is 0 Å². The van der Waals surface area contributed by atoms with Gasteiger partial charge >= 0.3 is 0 Å². The van der Waals surface area contributed by atoms with E-state index in [0.29, 0.717) is 6.04 Å². The molecule has 0 fully saturated rings. The third-order valence-electron chi connectivity index (χ3n) is 3.41. The summed E-state index contributed by atoms with van der Waals surface area (Å²) >= 11 is 0. The molecule has 0 heterocycles. The van der Waals surface area contributed by atoms with Crippen LogP contribution in [-0.2, 0) is 11.3 Å². The van der Waals surface area contributed by atoms with Gasteiger partial charge in [-0.3, -0.25) is 4.90 Å². The van der Waals surface area contributed by atoms with Crippen LogP contribution in [0.25, 0.3) is 0 Å². The third-order valence-corrected chi connectivity index (χ3v) is 3.41. The Bertz CT molecular complexity index is 354. The summed E-state index contributed by atoms with van der Waals surface area (Å²) < 4.78 is 5.04. The summed E-state index contributed by atoms with van der Waals surface area (Å²) in [6, 6.07) is 9.26. The summed E-state index contributed by atoms with van der Waals surface area (Å²) in [5, 5.41) is 3.48. The minimum atomic E-state index is 0.531. The van der Waals surface area contributed by atoms with Crippen molar-refractivity contribution in [3.8, 4) is 0 Å². The fraction of sp³-hybridized carbons (Fsp3) is 0.625. The Morgan fingerprint density at radius 1 is 1.37 bits per heavy atom. The maximum absolute atomic E-state index is 5.04. The Labute approximate surface area is 118 Å². The molecule has 1 aromatic rings. The van der Waals surface area contributed by atoms with Gasteiger partial charge in [0.25, 0.3) is 0 Å². The average Bonchev–Trinajstić information content (AvgIpc) is 2.38. The molecule has 108 valence electrons. The summed E-state index contributed by atoms with van der Waals surface area (Å²) in [5.41, 5.74) is 2.71. The molecule has 19 heavy (non-hydrogen) atoms. The maximum Gasteiger partial charge on any atom is 0.0474 e. The minimum absolute atomic E-state index is 0.531. The van der Waals surface area contributed by atoms with Gasteiger partial charge < -0.3 is 10.1 Å². The molecule has 0 amide bonds. The van der Waals surface area contributed by atoms with Crippen LogP contribution in [0.3, 0.4) is 0 Å². The molecular weight excluding hydrogens is 236 g/mol. The van der Waals surface area contributed by atoms with Crippen molar-refractivity contribution in [2.45, 2.75) is 32.9 Å². The number of methoxy groups -OCH3 is 1. The molecular formula is C16H28N2O. The second kappa shape index (κ2) is 9.08. The summed E-state index contributed by atoms with van der Waals surface area (Å²) in [6.45, 7) is 8.29. The Kier molecular flexibility index (Phi) is 7.72. The van der Waals surface area contributed by atoms with Crippen molar-refractivity contribution >= 4 is 0 Å². The van der Waals surface area contributed by atoms with E-state index >= 15 is 0 Å². The lowest BCUT2D eigenvalue weighted by molar-refractivity contribution is 0.191. The van der Waals surface area contributed by atoms with E-state index < -0.39 is 0 Å². The van der Waals surface area contributed by atoms with Crippen LogP contribution in [0.5, 0.6) is 0 Å². The smallest absolute Gasteiger partial charge is 0.0474 e. The van der Waals surface area contributed by atoms with E-state index in [9.17, 15) is 0 Å². The first-order valence-corrected chi connectivity index (χ1v) is 7.09. The fourth-order valence-corrected chi connectivity index (χ4v) is 2.06. The van der Waals surface area contributed by atoms with Gasteiger partial charge in [0.1, 0.15) is 0 Å². The first-order chi connectivity index (χ1) is 9.13. The molecule has 1 N–H and O–H groups in total. The molecule has 3 heteroatoms. The van der Waals surface area contributed by atoms with Crippen LogP contribution < -0.4 is 5.32 Å². The van der Waals surface area contributed by atoms with Gasteiger partial charge in [0, 0.05) is 32.8 Å². The van der Waals surface area contributed by atoms with Crippen LogP contribution in [0.4, 0.5) is 0 Å². The molecule has 0 aliphatic rings. The number of likely N-dealkylation sites (N-methyl/N-ethyl adjacent to an activating group) is 1. The number of aryl methyl sites for hydroxylation is 1. The van der Waals surface area contributed by atoms with E-state index in [1.165, 1.54) is 11.1 Å². The molecule has 0 radical (unpaired) electrons. The molecule has 1 atom stereocenters. The molecule has 1 rings (SSSR count). The van der Waals surface area contributed by atoms with Crippen molar-refractivity contribution < 1.29 is 4.74 Å². The van der Waals surface area contributed by atoms with Crippen molar-refractivity contribution in [3.05, 3.63) is 35.4 Å². The van der Waals surface area contributed by atoms with Crippen molar-refractivity contribution in [2.24, 2.45) is 0 Å². The molecule has 3 nitrogen and oxygen atoms in total. The molecule has 0 aromatic heterocycles.